The Kier molecular flexibility index (Phi) is 4.77. The fraction of sp³-hybridized carbons (Fsp3) is 0.273. The largest absolute Gasteiger partial charge is 0.467 e. The smallest absolute Gasteiger partial charge is 0.328 e. The highest BCUT2D eigenvalue weighted by Crippen LogP contribution is 2.26. The van der Waals surface area contributed by atoms with Gasteiger partial charge in [0.2, 0.25) is 0 Å². The molecule has 7 nitrogen and oxygen atoms in total. The Labute approximate surface area is 168 Å². The fourth-order valence-corrected chi connectivity index (χ4v) is 3.84. The van der Waals surface area contributed by atoms with E-state index in [2.05, 4.69) is 6.07 Å². The Balaban J connectivity index is 1.68. The van der Waals surface area contributed by atoms with Crippen molar-refractivity contribution in [2.24, 2.45) is 7.05 Å². The van der Waals surface area contributed by atoms with Crippen LogP contribution in [0, 0.1) is 11.3 Å². The number of carbonyl (C=O) groups excluding carboxylic acids is 2. The van der Waals surface area contributed by atoms with Crippen LogP contribution in [0.25, 0.3) is 22.4 Å². The van der Waals surface area contributed by atoms with Crippen LogP contribution in [0.4, 0.5) is 0 Å². The van der Waals surface area contributed by atoms with Gasteiger partial charge in [-0.3, -0.25) is 4.79 Å². The Morgan fingerprint density at radius 3 is 2.66 bits per heavy atom. The Morgan fingerprint density at radius 1 is 1.21 bits per heavy atom. The number of fused-ring (bicyclic) bond motifs is 1. The van der Waals surface area contributed by atoms with Gasteiger partial charge in [0.1, 0.15) is 11.9 Å². The lowest BCUT2D eigenvalue weighted by molar-refractivity contribution is -0.145. The summed E-state index contributed by atoms with van der Waals surface area (Å²) in [7, 11) is 3.26. The third-order valence-electron chi connectivity index (χ3n) is 5.39. The minimum absolute atomic E-state index is 0.189. The quantitative estimate of drug-likeness (QED) is 0.644. The van der Waals surface area contributed by atoms with E-state index in [1.54, 1.807) is 29.2 Å². The number of nitrogens with zero attached hydrogens (tertiary/aromatic N) is 4. The molecule has 29 heavy (non-hydrogen) atoms. The van der Waals surface area contributed by atoms with Crippen molar-refractivity contribution in [1.29, 1.82) is 5.26 Å². The van der Waals surface area contributed by atoms with Crippen LogP contribution in [0.5, 0.6) is 0 Å². The molecule has 1 amide bonds. The average Bonchev–Trinajstić information content (AvgIpc) is 3.37. The van der Waals surface area contributed by atoms with E-state index in [0.717, 1.165) is 23.3 Å². The summed E-state index contributed by atoms with van der Waals surface area (Å²) in [5.41, 5.74) is 3.57. The number of methoxy groups -OCH3 is 1. The first-order chi connectivity index (χ1) is 14.0. The molecule has 2 heterocycles. The van der Waals surface area contributed by atoms with Crippen LogP contribution in [-0.2, 0) is 16.6 Å². The number of likely N-dealkylation sites (tertiary alicyclic amines) is 1. The molecule has 0 aliphatic carbocycles. The molecule has 1 aliphatic heterocycles. The van der Waals surface area contributed by atoms with Gasteiger partial charge in [-0.05, 0) is 55.3 Å². The number of ether oxygens (including phenoxy) is 1. The van der Waals surface area contributed by atoms with E-state index < -0.39 is 6.04 Å². The lowest BCUT2D eigenvalue weighted by Gasteiger charge is -2.22. The number of imidazole rings is 1. The number of amides is 1. The van der Waals surface area contributed by atoms with Crippen LogP contribution in [0.2, 0.25) is 0 Å². The van der Waals surface area contributed by atoms with Crippen molar-refractivity contribution in [2.75, 3.05) is 13.7 Å². The van der Waals surface area contributed by atoms with Crippen LogP contribution in [-0.4, -0.2) is 46.0 Å². The SMILES string of the molecule is COC(=O)C1CCCN1C(=O)c1ccc2c(c1)nc(-c1ccc(C#N)cc1)n2C. The molecule has 0 saturated carbocycles. The van der Waals surface area contributed by atoms with Crippen molar-refractivity contribution in [3.05, 3.63) is 53.6 Å². The maximum absolute atomic E-state index is 13.0. The second-order valence-corrected chi connectivity index (χ2v) is 7.07. The monoisotopic (exact) mass is 388 g/mol. The van der Waals surface area contributed by atoms with E-state index in [0.29, 0.717) is 29.6 Å². The molecule has 1 saturated heterocycles. The van der Waals surface area contributed by atoms with Crippen molar-refractivity contribution in [3.8, 4) is 17.5 Å². The zero-order chi connectivity index (χ0) is 20.5. The van der Waals surface area contributed by atoms with Crippen LogP contribution in [0.1, 0.15) is 28.8 Å². The first-order valence-electron chi connectivity index (χ1n) is 9.39. The number of aromatic nitrogens is 2. The molecule has 1 fully saturated rings. The Morgan fingerprint density at radius 2 is 1.97 bits per heavy atom. The van der Waals surface area contributed by atoms with Crippen molar-refractivity contribution in [1.82, 2.24) is 14.5 Å². The number of hydrogen-bond acceptors (Lipinski definition) is 5. The van der Waals surface area contributed by atoms with Gasteiger partial charge in [0.05, 0.1) is 29.8 Å². The highest BCUT2D eigenvalue weighted by molar-refractivity contribution is 6.00. The second kappa shape index (κ2) is 7.40. The summed E-state index contributed by atoms with van der Waals surface area (Å²) < 4.78 is 6.79. The normalized spacial score (nSPS) is 16.0. The molecule has 7 heteroatoms. The number of hydrogen-bond donors (Lipinski definition) is 0. The summed E-state index contributed by atoms with van der Waals surface area (Å²) in [4.78, 5) is 31.3. The minimum atomic E-state index is -0.527. The number of nitriles is 1. The minimum Gasteiger partial charge on any atom is -0.467 e. The van der Waals surface area contributed by atoms with E-state index in [9.17, 15) is 9.59 Å². The third kappa shape index (κ3) is 3.23. The molecule has 1 aliphatic rings. The maximum Gasteiger partial charge on any atom is 0.328 e. The predicted molar refractivity (Wildman–Crippen MR) is 107 cm³/mol. The molecule has 0 bridgehead atoms. The molecule has 146 valence electrons. The second-order valence-electron chi connectivity index (χ2n) is 7.07. The zero-order valence-corrected chi connectivity index (χ0v) is 16.3. The molecule has 1 atom stereocenters. The summed E-state index contributed by atoms with van der Waals surface area (Å²) >= 11 is 0. The highest BCUT2D eigenvalue weighted by atomic mass is 16.5. The van der Waals surface area contributed by atoms with Gasteiger partial charge in [-0.2, -0.15) is 5.26 Å². The summed E-state index contributed by atoms with van der Waals surface area (Å²) in [6.45, 7) is 0.537. The van der Waals surface area contributed by atoms with E-state index >= 15 is 0 Å². The van der Waals surface area contributed by atoms with Crippen molar-refractivity contribution < 1.29 is 14.3 Å². The molecule has 4 rings (SSSR count). The number of esters is 1. The molecular formula is C22H20N4O3. The molecule has 1 unspecified atom stereocenters. The van der Waals surface area contributed by atoms with Crippen LogP contribution in [0.3, 0.4) is 0 Å². The summed E-state index contributed by atoms with van der Waals surface area (Å²) in [5, 5.41) is 8.97. The van der Waals surface area contributed by atoms with Crippen molar-refractivity contribution in [3.63, 3.8) is 0 Å². The Hall–Kier alpha value is -3.66. The van der Waals surface area contributed by atoms with Gasteiger partial charge in [-0.1, -0.05) is 0 Å². The lowest BCUT2D eigenvalue weighted by Crippen LogP contribution is -2.41. The van der Waals surface area contributed by atoms with Gasteiger partial charge >= 0.3 is 5.97 Å². The summed E-state index contributed by atoms with van der Waals surface area (Å²) in [6, 6.07) is 14.2. The van der Waals surface area contributed by atoms with Gasteiger partial charge in [0.25, 0.3) is 5.91 Å². The molecule has 0 spiro atoms. The topological polar surface area (TPSA) is 88.2 Å². The van der Waals surface area contributed by atoms with Crippen LogP contribution >= 0.6 is 0 Å². The molecule has 0 radical (unpaired) electrons. The molecule has 1 aromatic heterocycles. The first-order valence-corrected chi connectivity index (χ1v) is 9.39. The summed E-state index contributed by atoms with van der Waals surface area (Å²) in [6.07, 6.45) is 1.40. The third-order valence-corrected chi connectivity index (χ3v) is 5.39. The molecule has 2 aromatic carbocycles. The number of carbonyl (C=O) groups is 2. The summed E-state index contributed by atoms with van der Waals surface area (Å²) in [5.74, 6) is 0.186. The zero-order valence-electron chi connectivity index (χ0n) is 16.3. The number of rotatable bonds is 3. The molecular weight excluding hydrogens is 368 g/mol. The lowest BCUT2D eigenvalue weighted by atomic mass is 10.1. The van der Waals surface area contributed by atoms with Crippen molar-refractivity contribution >= 4 is 22.9 Å². The number of aryl methyl sites for hydroxylation is 1. The first kappa shape index (κ1) is 18.7. The van der Waals surface area contributed by atoms with Gasteiger partial charge in [0, 0.05) is 24.7 Å². The van der Waals surface area contributed by atoms with E-state index in [4.69, 9.17) is 15.0 Å². The van der Waals surface area contributed by atoms with Crippen LogP contribution < -0.4 is 0 Å². The maximum atomic E-state index is 13.0. The standard InChI is InChI=1S/C22H20N4O3/c1-25-18-10-9-16(21(27)26-11-3-4-19(26)22(28)29-2)12-17(18)24-20(25)15-7-5-14(13-23)6-8-15/h5-10,12,19H,3-4,11H2,1-2H3. The van der Waals surface area contributed by atoms with Crippen LogP contribution in [0.15, 0.2) is 42.5 Å². The molecule has 3 aromatic rings. The fourth-order valence-electron chi connectivity index (χ4n) is 3.84. The van der Waals surface area contributed by atoms with E-state index in [1.165, 1.54) is 7.11 Å². The Bertz CT molecular complexity index is 1140. The number of benzene rings is 2. The van der Waals surface area contributed by atoms with Gasteiger partial charge in [0.15, 0.2) is 0 Å². The molecule has 0 N–H and O–H groups in total. The highest BCUT2D eigenvalue weighted by Gasteiger charge is 2.35. The van der Waals surface area contributed by atoms with Gasteiger partial charge in [-0.15, -0.1) is 0 Å². The van der Waals surface area contributed by atoms with Crippen molar-refractivity contribution in [2.45, 2.75) is 18.9 Å². The van der Waals surface area contributed by atoms with E-state index in [-0.39, 0.29) is 11.9 Å². The average molecular weight is 388 g/mol. The van der Waals surface area contributed by atoms with Gasteiger partial charge in [-0.25, -0.2) is 9.78 Å². The predicted octanol–water partition coefficient (Wildman–Crippen LogP) is 2.89. The van der Waals surface area contributed by atoms with Gasteiger partial charge < -0.3 is 14.2 Å². The van der Waals surface area contributed by atoms with E-state index in [1.807, 2.05) is 29.8 Å².